The first-order chi connectivity index (χ1) is 12.0. The molecular weight excluding hydrogens is 352 g/mol. The van der Waals surface area contributed by atoms with Crippen LogP contribution in [0.5, 0.6) is 0 Å². The third-order valence-corrected chi connectivity index (χ3v) is 5.66. The Balaban J connectivity index is 1.60. The molecule has 1 saturated carbocycles. The summed E-state index contributed by atoms with van der Waals surface area (Å²) in [5.74, 6) is 1.94. The third-order valence-electron chi connectivity index (χ3n) is 5.16. The highest BCUT2D eigenvalue weighted by atomic mass is 35.5. The molecule has 0 unspecified atom stereocenters. The van der Waals surface area contributed by atoms with Gasteiger partial charge in [0.05, 0.1) is 6.54 Å². The van der Waals surface area contributed by atoms with Crippen molar-refractivity contribution in [1.29, 1.82) is 0 Å². The Morgan fingerprint density at radius 1 is 1.28 bits per heavy atom. The van der Waals surface area contributed by atoms with Gasteiger partial charge in [0, 0.05) is 12.2 Å². The van der Waals surface area contributed by atoms with Gasteiger partial charge in [0.1, 0.15) is 5.02 Å². The zero-order chi connectivity index (χ0) is 17.8. The maximum Gasteiger partial charge on any atom is 0.173 e. The van der Waals surface area contributed by atoms with E-state index < -0.39 is 0 Å². The molecule has 1 aliphatic carbocycles. The van der Waals surface area contributed by atoms with E-state index in [0.29, 0.717) is 34.5 Å². The molecule has 1 aliphatic rings. The van der Waals surface area contributed by atoms with Crippen LogP contribution in [0.1, 0.15) is 38.7 Å². The first-order valence-electron chi connectivity index (χ1n) is 8.87. The zero-order valence-electron chi connectivity index (χ0n) is 14.7. The molecule has 0 spiro atoms. The van der Waals surface area contributed by atoms with E-state index >= 15 is 0 Å². The lowest BCUT2D eigenvalue weighted by atomic mass is 9.78. The fraction of sp³-hybridized carbons (Fsp3) is 0.474. The Bertz CT molecular complexity index is 715. The molecule has 0 bridgehead atoms. The van der Waals surface area contributed by atoms with Crippen molar-refractivity contribution in [2.45, 2.75) is 45.7 Å². The van der Waals surface area contributed by atoms with Crippen LogP contribution < -0.4 is 10.6 Å². The molecule has 6 heteroatoms. The summed E-state index contributed by atoms with van der Waals surface area (Å²) in [7, 11) is 0. The van der Waals surface area contributed by atoms with Crippen molar-refractivity contribution in [3.63, 3.8) is 0 Å². The molecule has 1 fully saturated rings. The van der Waals surface area contributed by atoms with Crippen molar-refractivity contribution in [3.05, 3.63) is 47.1 Å². The number of benzene rings is 1. The maximum atomic E-state index is 6.32. The van der Waals surface area contributed by atoms with Crippen LogP contribution in [0.3, 0.4) is 0 Å². The second-order valence-electron chi connectivity index (χ2n) is 6.98. The topological polar surface area (TPSA) is 41.9 Å². The van der Waals surface area contributed by atoms with Crippen LogP contribution in [0, 0.1) is 11.8 Å². The van der Waals surface area contributed by atoms with Crippen LogP contribution in [0.4, 0.5) is 5.82 Å². The fourth-order valence-corrected chi connectivity index (χ4v) is 3.88. The number of hydrogen-bond acceptors (Lipinski definition) is 2. The molecule has 2 aromatic rings. The number of hydrogen-bond donors (Lipinski definition) is 2. The SMILES string of the molecule is C[C@H]1[C@H](C)CCC[C@H]1NC(=S)Nc1nn(Cc2ccccc2)cc1Cl. The minimum absolute atomic E-state index is 0.411. The number of nitrogens with zero attached hydrogens (tertiary/aromatic N) is 2. The molecule has 1 aromatic heterocycles. The van der Waals surface area contributed by atoms with Gasteiger partial charge >= 0.3 is 0 Å². The molecule has 0 amide bonds. The summed E-state index contributed by atoms with van der Waals surface area (Å²) in [6.07, 6.45) is 5.53. The average molecular weight is 377 g/mol. The van der Waals surface area contributed by atoms with Gasteiger partial charge < -0.3 is 10.6 Å². The Morgan fingerprint density at radius 2 is 2.04 bits per heavy atom. The molecule has 1 heterocycles. The minimum atomic E-state index is 0.411. The predicted octanol–water partition coefficient (Wildman–Crippen LogP) is 4.70. The van der Waals surface area contributed by atoms with Crippen molar-refractivity contribution in [2.75, 3.05) is 5.32 Å². The van der Waals surface area contributed by atoms with Crippen molar-refractivity contribution in [1.82, 2.24) is 15.1 Å². The van der Waals surface area contributed by atoms with E-state index in [2.05, 4.69) is 41.7 Å². The summed E-state index contributed by atoms with van der Waals surface area (Å²) in [6, 6.07) is 10.6. The quantitative estimate of drug-likeness (QED) is 0.759. The second-order valence-corrected chi connectivity index (χ2v) is 7.80. The van der Waals surface area contributed by atoms with E-state index in [1.54, 1.807) is 0 Å². The van der Waals surface area contributed by atoms with Gasteiger partial charge in [-0.25, -0.2) is 0 Å². The first kappa shape index (κ1) is 18.2. The molecule has 0 saturated heterocycles. The first-order valence-corrected chi connectivity index (χ1v) is 9.66. The van der Waals surface area contributed by atoms with E-state index in [9.17, 15) is 0 Å². The highest BCUT2D eigenvalue weighted by molar-refractivity contribution is 7.80. The fourth-order valence-electron chi connectivity index (χ4n) is 3.43. The maximum absolute atomic E-state index is 6.32. The van der Waals surface area contributed by atoms with Crippen LogP contribution in [0.15, 0.2) is 36.5 Å². The predicted molar refractivity (Wildman–Crippen MR) is 108 cm³/mol. The summed E-state index contributed by atoms with van der Waals surface area (Å²) in [5.41, 5.74) is 1.18. The van der Waals surface area contributed by atoms with Gasteiger partial charge in [-0.3, -0.25) is 4.68 Å². The van der Waals surface area contributed by atoms with Crippen LogP contribution in [0.25, 0.3) is 0 Å². The largest absolute Gasteiger partial charge is 0.359 e. The lowest BCUT2D eigenvalue weighted by molar-refractivity contribution is 0.225. The highest BCUT2D eigenvalue weighted by Gasteiger charge is 2.27. The Morgan fingerprint density at radius 3 is 2.80 bits per heavy atom. The lowest BCUT2D eigenvalue weighted by Gasteiger charge is -2.35. The molecule has 134 valence electrons. The lowest BCUT2D eigenvalue weighted by Crippen LogP contribution is -2.45. The molecule has 0 aliphatic heterocycles. The summed E-state index contributed by atoms with van der Waals surface area (Å²) in [4.78, 5) is 0. The number of anilines is 1. The third kappa shape index (κ3) is 4.73. The Kier molecular flexibility index (Phi) is 5.97. The van der Waals surface area contributed by atoms with Crippen molar-refractivity contribution in [2.24, 2.45) is 11.8 Å². The smallest absolute Gasteiger partial charge is 0.173 e. The number of halogens is 1. The Labute approximate surface area is 160 Å². The zero-order valence-corrected chi connectivity index (χ0v) is 16.3. The minimum Gasteiger partial charge on any atom is -0.359 e. The summed E-state index contributed by atoms with van der Waals surface area (Å²) in [6.45, 7) is 5.29. The van der Waals surface area contributed by atoms with E-state index in [-0.39, 0.29) is 0 Å². The van der Waals surface area contributed by atoms with E-state index in [0.717, 1.165) is 12.3 Å². The summed E-state index contributed by atoms with van der Waals surface area (Å²) < 4.78 is 1.83. The molecule has 2 N–H and O–H groups in total. The Hall–Kier alpha value is -1.59. The van der Waals surface area contributed by atoms with Crippen molar-refractivity contribution in [3.8, 4) is 0 Å². The van der Waals surface area contributed by atoms with E-state index in [1.165, 1.54) is 18.4 Å². The van der Waals surface area contributed by atoms with Crippen molar-refractivity contribution < 1.29 is 0 Å². The van der Waals surface area contributed by atoms with Gasteiger partial charge in [-0.15, -0.1) is 0 Å². The molecule has 1 aromatic carbocycles. The average Bonchev–Trinajstić information content (AvgIpc) is 2.92. The highest BCUT2D eigenvalue weighted by Crippen LogP contribution is 2.29. The monoisotopic (exact) mass is 376 g/mol. The molecule has 0 radical (unpaired) electrons. The molecule has 3 atom stereocenters. The number of thiocarbonyl (C=S) groups is 1. The van der Waals surface area contributed by atoms with Crippen LogP contribution in [0.2, 0.25) is 5.02 Å². The molecular formula is C19H25ClN4S. The normalized spacial score (nSPS) is 23.2. The molecule has 4 nitrogen and oxygen atoms in total. The second kappa shape index (κ2) is 8.19. The van der Waals surface area contributed by atoms with Gasteiger partial charge in [-0.05, 0) is 36.0 Å². The van der Waals surface area contributed by atoms with Crippen LogP contribution in [-0.2, 0) is 6.54 Å². The number of aromatic nitrogens is 2. The van der Waals surface area contributed by atoms with E-state index in [4.69, 9.17) is 23.8 Å². The van der Waals surface area contributed by atoms with Gasteiger partial charge in [-0.1, -0.05) is 68.6 Å². The number of nitrogens with one attached hydrogen (secondary N) is 2. The van der Waals surface area contributed by atoms with Gasteiger partial charge in [0.15, 0.2) is 10.9 Å². The van der Waals surface area contributed by atoms with Gasteiger partial charge in [0.25, 0.3) is 0 Å². The summed E-state index contributed by atoms with van der Waals surface area (Å²) >= 11 is 11.8. The van der Waals surface area contributed by atoms with Crippen LogP contribution in [-0.4, -0.2) is 20.9 Å². The summed E-state index contributed by atoms with van der Waals surface area (Å²) in [5, 5.41) is 12.3. The van der Waals surface area contributed by atoms with Crippen LogP contribution >= 0.6 is 23.8 Å². The molecule has 25 heavy (non-hydrogen) atoms. The van der Waals surface area contributed by atoms with E-state index in [1.807, 2.05) is 29.1 Å². The standard InChI is InChI=1S/C19H25ClN4S/c1-13-7-6-10-17(14(13)2)21-19(25)22-18-16(20)12-24(23-18)11-15-8-4-3-5-9-15/h3-5,8-9,12-14,17H,6-7,10-11H2,1-2H3,(H2,21,22,23,25)/t13-,14+,17-/m1/s1. The van der Waals surface area contributed by atoms with Gasteiger partial charge in [0.2, 0.25) is 0 Å². The molecule has 3 rings (SSSR count). The van der Waals surface area contributed by atoms with Crippen molar-refractivity contribution >= 4 is 34.7 Å². The number of rotatable bonds is 4. The van der Waals surface area contributed by atoms with Gasteiger partial charge in [-0.2, -0.15) is 5.10 Å².